The minimum Gasteiger partial charge on any atom is -0.497 e. The molecule has 1 aromatic heterocycles. The first kappa shape index (κ1) is 18.9. The molecule has 26 heavy (non-hydrogen) atoms. The summed E-state index contributed by atoms with van der Waals surface area (Å²) in [5.74, 6) is 0.193. The van der Waals surface area contributed by atoms with Gasteiger partial charge in [-0.05, 0) is 48.6 Å². The lowest BCUT2D eigenvalue weighted by Gasteiger charge is -2.31. The third-order valence-electron chi connectivity index (χ3n) is 4.47. The molecular weight excluding hydrogens is 372 g/mol. The van der Waals surface area contributed by atoms with Crippen LogP contribution in [0.2, 0.25) is 0 Å². The van der Waals surface area contributed by atoms with Gasteiger partial charge >= 0.3 is 0 Å². The van der Waals surface area contributed by atoms with Crippen molar-refractivity contribution in [1.29, 1.82) is 0 Å². The number of ether oxygens (including phenoxy) is 1. The van der Waals surface area contributed by atoms with Gasteiger partial charge in [0.05, 0.1) is 24.5 Å². The van der Waals surface area contributed by atoms with Crippen molar-refractivity contribution in [2.75, 3.05) is 20.2 Å². The number of hydrogen-bond donors (Lipinski definition) is 1. The van der Waals surface area contributed by atoms with Gasteiger partial charge in [0.15, 0.2) is 0 Å². The highest BCUT2D eigenvalue weighted by Gasteiger charge is 2.33. The molecule has 0 radical (unpaired) electrons. The SMILES string of the molecule is COc1ccc(S(=O)(=O)N2CCC[C@@H](C(=O)NCc3cccs3)C2)cc1. The normalized spacial score (nSPS) is 18.4. The molecule has 1 atom stereocenters. The van der Waals surface area contributed by atoms with E-state index in [9.17, 15) is 13.2 Å². The van der Waals surface area contributed by atoms with Gasteiger partial charge in [-0.3, -0.25) is 4.79 Å². The molecule has 0 saturated carbocycles. The van der Waals surface area contributed by atoms with E-state index in [-0.39, 0.29) is 23.3 Å². The van der Waals surface area contributed by atoms with Crippen LogP contribution in [0, 0.1) is 5.92 Å². The van der Waals surface area contributed by atoms with E-state index >= 15 is 0 Å². The number of rotatable bonds is 6. The van der Waals surface area contributed by atoms with Crippen molar-refractivity contribution in [1.82, 2.24) is 9.62 Å². The second-order valence-corrected chi connectivity index (χ2v) is 9.15. The summed E-state index contributed by atoms with van der Waals surface area (Å²) in [5.41, 5.74) is 0. The maximum atomic E-state index is 12.9. The Labute approximate surface area is 157 Å². The van der Waals surface area contributed by atoms with E-state index in [1.807, 2.05) is 17.5 Å². The Bertz CT molecular complexity index is 833. The van der Waals surface area contributed by atoms with Crippen molar-refractivity contribution < 1.29 is 17.9 Å². The Balaban J connectivity index is 1.65. The molecule has 2 aromatic rings. The first-order chi connectivity index (χ1) is 12.5. The minimum atomic E-state index is -3.61. The Morgan fingerprint density at radius 2 is 2.08 bits per heavy atom. The van der Waals surface area contributed by atoms with Crippen LogP contribution in [0.4, 0.5) is 0 Å². The van der Waals surface area contributed by atoms with E-state index in [2.05, 4.69) is 5.32 Å². The number of benzene rings is 1. The van der Waals surface area contributed by atoms with Gasteiger partial charge in [0.25, 0.3) is 0 Å². The van der Waals surface area contributed by atoms with Crippen molar-refractivity contribution in [3.63, 3.8) is 0 Å². The topological polar surface area (TPSA) is 75.7 Å². The van der Waals surface area contributed by atoms with Gasteiger partial charge in [0, 0.05) is 18.0 Å². The number of amides is 1. The van der Waals surface area contributed by atoms with E-state index in [4.69, 9.17) is 4.74 Å². The van der Waals surface area contributed by atoms with E-state index in [0.717, 1.165) is 4.88 Å². The number of nitrogens with one attached hydrogen (secondary N) is 1. The smallest absolute Gasteiger partial charge is 0.243 e. The second kappa shape index (κ2) is 8.20. The fraction of sp³-hybridized carbons (Fsp3) is 0.389. The molecule has 140 valence electrons. The van der Waals surface area contributed by atoms with Crippen LogP contribution in [0.15, 0.2) is 46.7 Å². The van der Waals surface area contributed by atoms with E-state index in [1.165, 1.54) is 23.5 Å². The first-order valence-corrected chi connectivity index (χ1v) is 10.8. The van der Waals surface area contributed by atoms with Gasteiger partial charge in [-0.15, -0.1) is 11.3 Å². The number of hydrogen-bond acceptors (Lipinski definition) is 5. The summed E-state index contributed by atoms with van der Waals surface area (Å²) >= 11 is 1.59. The molecule has 3 rings (SSSR count). The fourth-order valence-electron chi connectivity index (χ4n) is 3.00. The van der Waals surface area contributed by atoms with Gasteiger partial charge in [-0.25, -0.2) is 8.42 Å². The number of sulfonamides is 1. The van der Waals surface area contributed by atoms with Crippen LogP contribution in [0.25, 0.3) is 0 Å². The lowest BCUT2D eigenvalue weighted by molar-refractivity contribution is -0.126. The summed E-state index contributed by atoms with van der Waals surface area (Å²) in [6, 6.07) is 10.2. The number of piperidine rings is 1. The van der Waals surface area contributed by atoms with Crippen molar-refractivity contribution in [2.24, 2.45) is 5.92 Å². The van der Waals surface area contributed by atoms with Crippen LogP contribution in [0.1, 0.15) is 17.7 Å². The van der Waals surface area contributed by atoms with Crippen molar-refractivity contribution in [3.05, 3.63) is 46.7 Å². The van der Waals surface area contributed by atoms with Crippen LogP contribution < -0.4 is 10.1 Å². The van der Waals surface area contributed by atoms with E-state index in [0.29, 0.717) is 31.7 Å². The highest BCUT2D eigenvalue weighted by molar-refractivity contribution is 7.89. The fourth-order valence-corrected chi connectivity index (χ4v) is 5.17. The zero-order chi connectivity index (χ0) is 18.6. The van der Waals surface area contributed by atoms with Crippen LogP contribution >= 0.6 is 11.3 Å². The van der Waals surface area contributed by atoms with E-state index in [1.54, 1.807) is 23.5 Å². The van der Waals surface area contributed by atoms with Crippen LogP contribution in [0.5, 0.6) is 5.75 Å². The van der Waals surface area contributed by atoms with Crippen LogP contribution in [0.3, 0.4) is 0 Å². The van der Waals surface area contributed by atoms with Crippen LogP contribution in [-0.4, -0.2) is 38.8 Å². The summed E-state index contributed by atoms with van der Waals surface area (Å²) in [6.07, 6.45) is 1.37. The van der Waals surface area contributed by atoms with Crippen LogP contribution in [-0.2, 0) is 21.4 Å². The number of carbonyl (C=O) groups excluding carboxylic acids is 1. The summed E-state index contributed by atoms with van der Waals surface area (Å²) in [6.45, 7) is 1.13. The summed E-state index contributed by atoms with van der Waals surface area (Å²) in [7, 11) is -2.08. The summed E-state index contributed by atoms with van der Waals surface area (Å²) in [4.78, 5) is 13.7. The standard InChI is InChI=1S/C18H22N2O4S2/c1-24-15-6-8-17(9-7-15)26(22,23)20-10-2-4-14(13-20)18(21)19-12-16-5-3-11-25-16/h3,5-9,11,14H,2,4,10,12-13H2,1H3,(H,19,21)/t14-/m1/s1. The molecule has 0 unspecified atom stereocenters. The zero-order valence-electron chi connectivity index (χ0n) is 14.6. The van der Waals surface area contributed by atoms with Crippen molar-refractivity contribution in [3.8, 4) is 5.75 Å². The predicted molar refractivity (Wildman–Crippen MR) is 101 cm³/mol. The molecule has 0 spiro atoms. The first-order valence-electron chi connectivity index (χ1n) is 8.45. The molecule has 1 fully saturated rings. The largest absolute Gasteiger partial charge is 0.497 e. The molecule has 1 aliphatic heterocycles. The third-order valence-corrected chi connectivity index (χ3v) is 7.22. The quantitative estimate of drug-likeness (QED) is 0.817. The number of nitrogens with zero attached hydrogens (tertiary/aromatic N) is 1. The predicted octanol–water partition coefficient (Wildman–Crippen LogP) is 2.47. The molecule has 1 amide bonds. The number of carbonyl (C=O) groups is 1. The maximum absolute atomic E-state index is 12.9. The summed E-state index contributed by atoms with van der Waals surface area (Å²) in [5, 5.41) is 4.88. The average molecular weight is 395 g/mol. The molecule has 1 N–H and O–H groups in total. The summed E-state index contributed by atoms with van der Waals surface area (Å²) < 4.78 is 32.2. The number of methoxy groups -OCH3 is 1. The highest BCUT2D eigenvalue weighted by Crippen LogP contribution is 2.25. The van der Waals surface area contributed by atoms with Crippen molar-refractivity contribution >= 4 is 27.3 Å². The third kappa shape index (κ3) is 4.25. The molecule has 8 heteroatoms. The molecular formula is C18H22N2O4S2. The number of thiophene rings is 1. The molecule has 1 aromatic carbocycles. The molecule has 1 saturated heterocycles. The zero-order valence-corrected chi connectivity index (χ0v) is 16.2. The molecule has 0 aliphatic carbocycles. The molecule has 0 bridgehead atoms. The van der Waals surface area contributed by atoms with E-state index < -0.39 is 10.0 Å². The molecule has 6 nitrogen and oxygen atoms in total. The Morgan fingerprint density at radius 1 is 1.31 bits per heavy atom. The Kier molecular flexibility index (Phi) is 5.95. The molecule has 1 aliphatic rings. The van der Waals surface area contributed by atoms with Gasteiger partial charge < -0.3 is 10.1 Å². The average Bonchev–Trinajstić information content (AvgIpc) is 3.20. The van der Waals surface area contributed by atoms with Gasteiger partial charge in [-0.1, -0.05) is 6.07 Å². The monoisotopic (exact) mass is 394 g/mol. The maximum Gasteiger partial charge on any atom is 0.243 e. The van der Waals surface area contributed by atoms with Crippen molar-refractivity contribution in [2.45, 2.75) is 24.3 Å². The molecule has 2 heterocycles. The Morgan fingerprint density at radius 3 is 2.73 bits per heavy atom. The van der Waals surface area contributed by atoms with Gasteiger partial charge in [0.2, 0.25) is 15.9 Å². The lowest BCUT2D eigenvalue weighted by atomic mass is 9.99. The van der Waals surface area contributed by atoms with Gasteiger partial charge in [0.1, 0.15) is 5.75 Å². The lowest BCUT2D eigenvalue weighted by Crippen LogP contribution is -2.45. The minimum absolute atomic E-state index is 0.0898. The Hall–Kier alpha value is -1.90. The second-order valence-electron chi connectivity index (χ2n) is 6.17. The highest BCUT2D eigenvalue weighted by atomic mass is 32.2. The van der Waals surface area contributed by atoms with Gasteiger partial charge in [-0.2, -0.15) is 4.31 Å².